The molecule has 2 heterocycles. The van der Waals surface area contributed by atoms with Crippen molar-refractivity contribution < 1.29 is 4.57 Å². The number of nitrogens with zero attached hydrogens (tertiary/aromatic N) is 2. The van der Waals surface area contributed by atoms with Crippen LogP contribution < -0.4 is 15.5 Å². The molecule has 0 unspecified atom stereocenters. The Morgan fingerprint density at radius 2 is 1.89 bits per heavy atom. The molecule has 1 saturated heterocycles. The minimum Gasteiger partial charge on any atom is -0.354 e. The molecule has 5 heteroatoms. The second-order valence-electron chi connectivity index (χ2n) is 5.60. The monoisotopic (exact) mass is 267 g/mol. The second-order valence-corrected chi connectivity index (χ2v) is 8.82. The van der Waals surface area contributed by atoms with Gasteiger partial charge < -0.3 is 14.8 Å². The molecule has 1 aliphatic heterocycles. The van der Waals surface area contributed by atoms with Gasteiger partial charge in [-0.2, -0.15) is 0 Å². The molecule has 1 N–H and O–H groups in total. The zero-order chi connectivity index (χ0) is 13.3. The molecule has 2 atom stereocenters. The van der Waals surface area contributed by atoms with Gasteiger partial charge in [-0.15, -0.1) is 0 Å². The highest BCUT2D eigenvalue weighted by Gasteiger charge is 2.22. The van der Waals surface area contributed by atoms with Crippen LogP contribution >= 0.6 is 7.14 Å². The molecule has 100 valence electrons. The van der Waals surface area contributed by atoms with Gasteiger partial charge in [0.1, 0.15) is 13.0 Å². The van der Waals surface area contributed by atoms with E-state index in [-0.39, 0.29) is 0 Å². The standard InChI is InChI=1S/C13H22N3OP/c1-10-8-16(9-11(2)15-10)13-6-5-12(7-14-13)18(3,4)17/h5-7,10-11,15H,8-9H2,1-4H3/t10-,11+. The van der Waals surface area contributed by atoms with E-state index in [1.54, 1.807) is 19.5 Å². The Morgan fingerprint density at radius 1 is 1.28 bits per heavy atom. The third-order valence-electron chi connectivity index (χ3n) is 3.24. The van der Waals surface area contributed by atoms with E-state index in [1.807, 2.05) is 12.1 Å². The molecule has 1 aromatic heterocycles. The van der Waals surface area contributed by atoms with Crippen LogP contribution in [-0.2, 0) is 4.57 Å². The molecular weight excluding hydrogens is 245 g/mol. The fourth-order valence-corrected chi connectivity index (χ4v) is 3.17. The van der Waals surface area contributed by atoms with E-state index < -0.39 is 7.14 Å². The van der Waals surface area contributed by atoms with Crippen molar-refractivity contribution in [3.05, 3.63) is 18.3 Å². The summed E-state index contributed by atoms with van der Waals surface area (Å²) in [5, 5.41) is 4.35. The highest BCUT2D eigenvalue weighted by molar-refractivity contribution is 7.70. The number of hydrogen-bond acceptors (Lipinski definition) is 4. The summed E-state index contributed by atoms with van der Waals surface area (Å²) in [7, 11) is -2.20. The van der Waals surface area contributed by atoms with Crippen LogP contribution in [0.15, 0.2) is 18.3 Å². The lowest BCUT2D eigenvalue weighted by Crippen LogP contribution is -2.54. The Hall–Kier alpha value is -0.860. The van der Waals surface area contributed by atoms with Crippen molar-refractivity contribution in [3.8, 4) is 0 Å². The van der Waals surface area contributed by atoms with Crippen molar-refractivity contribution in [3.63, 3.8) is 0 Å². The van der Waals surface area contributed by atoms with Crippen LogP contribution in [0.5, 0.6) is 0 Å². The summed E-state index contributed by atoms with van der Waals surface area (Å²) >= 11 is 0. The summed E-state index contributed by atoms with van der Waals surface area (Å²) in [6, 6.07) is 4.87. The number of piperazine rings is 1. The Bertz CT molecular complexity index is 444. The van der Waals surface area contributed by atoms with Crippen molar-refractivity contribution in [2.75, 3.05) is 31.3 Å². The molecule has 1 aromatic rings. The van der Waals surface area contributed by atoms with E-state index in [0.29, 0.717) is 12.1 Å². The average molecular weight is 267 g/mol. The first-order valence-corrected chi connectivity index (χ1v) is 8.99. The summed E-state index contributed by atoms with van der Waals surface area (Å²) in [6.07, 6.45) is 1.76. The molecule has 0 bridgehead atoms. The second kappa shape index (κ2) is 5.02. The molecule has 0 amide bonds. The molecule has 18 heavy (non-hydrogen) atoms. The largest absolute Gasteiger partial charge is 0.354 e. The van der Waals surface area contributed by atoms with E-state index >= 15 is 0 Å². The van der Waals surface area contributed by atoms with Crippen LogP contribution in [0.1, 0.15) is 13.8 Å². The van der Waals surface area contributed by atoms with Crippen LogP contribution in [0.4, 0.5) is 5.82 Å². The molecule has 4 nitrogen and oxygen atoms in total. The lowest BCUT2D eigenvalue weighted by molar-refractivity contribution is 0.405. The minimum atomic E-state index is -2.20. The molecule has 2 rings (SSSR count). The highest BCUT2D eigenvalue weighted by Crippen LogP contribution is 2.34. The van der Waals surface area contributed by atoms with Gasteiger partial charge in [-0.3, -0.25) is 0 Å². The van der Waals surface area contributed by atoms with Gasteiger partial charge in [-0.1, -0.05) is 0 Å². The van der Waals surface area contributed by atoms with Gasteiger partial charge in [0.05, 0.1) is 0 Å². The first-order chi connectivity index (χ1) is 8.36. The summed E-state index contributed by atoms with van der Waals surface area (Å²) < 4.78 is 11.9. The fraction of sp³-hybridized carbons (Fsp3) is 0.615. The summed E-state index contributed by atoms with van der Waals surface area (Å²) in [4.78, 5) is 6.75. The number of rotatable bonds is 2. The zero-order valence-electron chi connectivity index (χ0n) is 11.6. The first-order valence-electron chi connectivity index (χ1n) is 6.39. The quantitative estimate of drug-likeness (QED) is 0.825. The Labute approximate surface area is 109 Å². The van der Waals surface area contributed by atoms with Gasteiger partial charge in [-0.25, -0.2) is 4.98 Å². The third kappa shape index (κ3) is 3.12. The molecule has 1 aliphatic rings. The molecule has 0 aromatic carbocycles. The van der Waals surface area contributed by atoms with Crippen molar-refractivity contribution in [2.45, 2.75) is 25.9 Å². The predicted molar refractivity (Wildman–Crippen MR) is 77.6 cm³/mol. The Morgan fingerprint density at radius 3 is 2.33 bits per heavy atom. The minimum absolute atomic E-state index is 0.471. The summed E-state index contributed by atoms with van der Waals surface area (Å²) in [6.45, 7) is 9.85. The van der Waals surface area contributed by atoms with Crippen LogP contribution in [0.25, 0.3) is 0 Å². The van der Waals surface area contributed by atoms with Crippen LogP contribution in [-0.4, -0.2) is 43.5 Å². The Kier molecular flexibility index (Phi) is 3.79. The average Bonchev–Trinajstić information content (AvgIpc) is 2.27. The van der Waals surface area contributed by atoms with Crippen molar-refractivity contribution >= 4 is 18.3 Å². The smallest absolute Gasteiger partial charge is 0.128 e. The van der Waals surface area contributed by atoms with Crippen LogP contribution in [0, 0.1) is 0 Å². The third-order valence-corrected chi connectivity index (χ3v) is 4.74. The number of aromatic nitrogens is 1. The topological polar surface area (TPSA) is 45.2 Å². The maximum atomic E-state index is 11.9. The van der Waals surface area contributed by atoms with Gasteiger partial charge >= 0.3 is 0 Å². The molecule has 0 radical (unpaired) electrons. The van der Waals surface area contributed by atoms with Crippen molar-refractivity contribution in [1.82, 2.24) is 10.3 Å². The SMILES string of the molecule is C[C@@H]1CN(c2ccc(P(C)(C)=O)cn2)C[C@H](C)N1. The van der Waals surface area contributed by atoms with Crippen LogP contribution in [0.3, 0.4) is 0 Å². The van der Waals surface area contributed by atoms with E-state index in [2.05, 4.69) is 29.0 Å². The molecule has 0 spiro atoms. The Balaban J connectivity index is 2.17. The summed E-state index contributed by atoms with van der Waals surface area (Å²) in [5.74, 6) is 0.979. The molecule has 0 saturated carbocycles. The molecular formula is C13H22N3OP. The van der Waals surface area contributed by atoms with Gasteiger partial charge in [0.2, 0.25) is 0 Å². The van der Waals surface area contributed by atoms with Gasteiger partial charge in [0.25, 0.3) is 0 Å². The summed E-state index contributed by atoms with van der Waals surface area (Å²) in [5.41, 5.74) is 0. The van der Waals surface area contributed by atoms with Crippen LogP contribution in [0.2, 0.25) is 0 Å². The van der Waals surface area contributed by atoms with Crippen molar-refractivity contribution in [2.24, 2.45) is 0 Å². The fourth-order valence-electron chi connectivity index (χ4n) is 2.40. The van der Waals surface area contributed by atoms with E-state index in [0.717, 1.165) is 24.2 Å². The maximum Gasteiger partial charge on any atom is 0.128 e. The lowest BCUT2D eigenvalue weighted by Gasteiger charge is -2.36. The van der Waals surface area contributed by atoms with Gasteiger partial charge in [-0.05, 0) is 39.3 Å². The molecule has 0 aliphatic carbocycles. The lowest BCUT2D eigenvalue weighted by atomic mass is 10.1. The first kappa shape index (κ1) is 13.6. The number of pyridine rings is 1. The predicted octanol–water partition coefficient (Wildman–Crippen LogP) is 1.52. The number of anilines is 1. The number of nitrogens with one attached hydrogen (secondary N) is 1. The maximum absolute atomic E-state index is 11.9. The van der Waals surface area contributed by atoms with Crippen molar-refractivity contribution in [1.29, 1.82) is 0 Å². The zero-order valence-corrected chi connectivity index (χ0v) is 12.4. The number of hydrogen-bond donors (Lipinski definition) is 1. The normalized spacial score (nSPS) is 25.2. The molecule has 1 fully saturated rings. The van der Waals surface area contributed by atoms with E-state index in [9.17, 15) is 4.57 Å². The van der Waals surface area contributed by atoms with Gasteiger partial charge in [0.15, 0.2) is 0 Å². The van der Waals surface area contributed by atoms with Gasteiger partial charge in [0, 0.05) is 36.7 Å². The van der Waals surface area contributed by atoms with E-state index in [1.165, 1.54) is 0 Å². The van der Waals surface area contributed by atoms with E-state index in [4.69, 9.17) is 0 Å². The highest BCUT2D eigenvalue weighted by atomic mass is 31.2.